The average molecular weight is 364 g/mol. The van der Waals surface area contributed by atoms with E-state index in [0.29, 0.717) is 30.5 Å². The van der Waals surface area contributed by atoms with Crippen LogP contribution < -0.4 is 20.9 Å². The molecular weight excluding hydrogens is 344 g/mol. The molecule has 0 bridgehead atoms. The van der Waals surface area contributed by atoms with Gasteiger partial charge in [-0.05, 0) is 31.5 Å². The van der Waals surface area contributed by atoms with Crippen molar-refractivity contribution in [1.29, 1.82) is 0 Å². The molecule has 3 aromatic rings. The van der Waals surface area contributed by atoms with E-state index < -0.39 is 0 Å². The maximum Gasteiger partial charge on any atom is 0.322 e. The highest BCUT2D eigenvalue weighted by Crippen LogP contribution is 2.27. The average Bonchev–Trinajstić information content (AvgIpc) is 3.25. The van der Waals surface area contributed by atoms with E-state index in [0.717, 1.165) is 22.6 Å². The molecule has 0 unspecified atom stereocenters. The van der Waals surface area contributed by atoms with Gasteiger partial charge in [-0.25, -0.2) is 9.78 Å². The van der Waals surface area contributed by atoms with Crippen LogP contribution in [0, 0.1) is 13.8 Å². The minimum absolute atomic E-state index is 0.0736. The van der Waals surface area contributed by atoms with E-state index in [9.17, 15) is 4.79 Å². The number of nitrogens with one attached hydrogen (secondary N) is 4. The number of amides is 2. The minimum Gasteiger partial charge on any atom is -0.339 e. The Morgan fingerprint density at radius 3 is 2.59 bits per heavy atom. The number of hydrogen-bond acceptors (Lipinski definition) is 6. The second-order valence-electron chi connectivity index (χ2n) is 6.36. The van der Waals surface area contributed by atoms with E-state index >= 15 is 0 Å². The van der Waals surface area contributed by atoms with Gasteiger partial charge in [0.05, 0.1) is 18.1 Å². The maximum atomic E-state index is 12.0. The van der Waals surface area contributed by atoms with Crippen LogP contribution in [0.4, 0.5) is 33.6 Å². The van der Waals surface area contributed by atoms with Crippen LogP contribution in [0.2, 0.25) is 0 Å². The molecule has 9 nitrogen and oxygen atoms in total. The molecule has 2 amide bonds. The fraction of sp³-hybridized carbons (Fsp3) is 0.222. The van der Waals surface area contributed by atoms with Gasteiger partial charge in [0.25, 0.3) is 0 Å². The van der Waals surface area contributed by atoms with Crippen LogP contribution in [0.3, 0.4) is 0 Å². The van der Waals surface area contributed by atoms with Crippen molar-refractivity contribution in [2.24, 2.45) is 0 Å². The predicted octanol–water partition coefficient (Wildman–Crippen LogP) is 2.83. The van der Waals surface area contributed by atoms with Gasteiger partial charge in [0, 0.05) is 30.5 Å². The first-order valence-electron chi connectivity index (χ1n) is 8.62. The third-order valence-electron chi connectivity index (χ3n) is 4.23. The molecule has 1 aliphatic rings. The summed E-state index contributed by atoms with van der Waals surface area (Å²) in [5.41, 5.74) is 3.70. The molecule has 0 aliphatic carbocycles. The number of hydrogen-bond donors (Lipinski definition) is 4. The smallest absolute Gasteiger partial charge is 0.322 e. The Kier molecular flexibility index (Phi) is 4.33. The maximum absolute atomic E-state index is 12.0. The molecule has 0 spiro atoms. The van der Waals surface area contributed by atoms with E-state index in [-0.39, 0.29) is 6.03 Å². The van der Waals surface area contributed by atoms with E-state index in [1.165, 1.54) is 0 Å². The fourth-order valence-electron chi connectivity index (χ4n) is 2.93. The Bertz CT molecular complexity index is 983. The lowest BCUT2D eigenvalue weighted by molar-refractivity contribution is 0.252. The van der Waals surface area contributed by atoms with Gasteiger partial charge in [-0.2, -0.15) is 5.10 Å². The molecule has 4 N–H and O–H groups in total. The first-order chi connectivity index (χ1) is 13.1. The van der Waals surface area contributed by atoms with Gasteiger partial charge >= 0.3 is 6.03 Å². The monoisotopic (exact) mass is 364 g/mol. The zero-order chi connectivity index (χ0) is 18.8. The first kappa shape index (κ1) is 16.8. The topological polar surface area (TPSA) is 111 Å². The van der Waals surface area contributed by atoms with Crippen molar-refractivity contribution in [3.05, 3.63) is 47.9 Å². The zero-order valence-corrected chi connectivity index (χ0v) is 15.1. The molecule has 0 saturated carbocycles. The van der Waals surface area contributed by atoms with E-state index in [1.807, 2.05) is 38.1 Å². The molecular formula is C18H20N8O. The fourth-order valence-corrected chi connectivity index (χ4v) is 2.93. The van der Waals surface area contributed by atoms with Crippen LogP contribution in [0.1, 0.15) is 11.3 Å². The van der Waals surface area contributed by atoms with Crippen LogP contribution in [0.15, 0.2) is 36.7 Å². The summed E-state index contributed by atoms with van der Waals surface area (Å²) in [6.45, 7) is 5.23. The molecule has 1 saturated heterocycles. The van der Waals surface area contributed by atoms with Crippen LogP contribution in [-0.2, 0) is 0 Å². The molecule has 1 aromatic carbocycles. The SMILES string of the molecule is Cc1cc(Nc2cncc(Nc3ccc(C)c(N4CCNC4=O)c3)n2)n[nH]1. The number of carbonyl (C=O) groups excluding carboxylic acids is 1. The van der Waals surface area contributed by atoms with Gasteiger partial charge in [0.15, 0.2) is 17.5 Å². The molecule has 138 valence electrons. The Balaban J connectivity index is 1.54. The summed E-state index contributed by atoms with van der Waals surface area (Å²) >= 11 is 0. The lowest BCUT2D eigenvalue weighted by Gasteiger charge is -2.18. The lowest BCUT2D eigenvalue weighted by Crippen LogP contribution is -2.28. The van der Waals surface area contributed by atoms with E-state index in [4.69, 9.17) is 0 Å². The summed E-state index contributed by atoms with van der Waals surface area (Å²) in [5.74, 6) is 1.85. The molecule has 27 heavy (non-hydrogen) atoms. The van der Waals surface area contributed by atoms with Crippen molar-refractivity contribution in [2.75, 3.05) is 28.6 Å². The summed E-state index contributed by atoms with van der Waals surface area (Å²) in [7, 11) is 0. The Hall–Kier alpha value is -3.62. The number of aromatic nitrogens is 4. The number of anilines is 5. The highest BCUT2D eigenvalue weighted by atomic mass is 16.2. The van der Waals surface area contributed by atoms with Gasteiger partial charge in [0.1, 0.15) is 0 Å². The zero-order valence-electron chi connectivity index (χ0n) is 15.1. The summed E-state index contributed by atoms with van der Waals surface area (Å²) in [5, 5.41) is 16.2. The quantitative estimate of drug-likeness (QED) is 0.554. The van der Waals surface area contributed by atoms with E-state index in [1.54, 1.807) is 17.3 Å². The van der Waals surface area contributed by atoms with Crippen LogP contribution in [0.25, 0.3) is 0 Å². The summed E-state index contributed by atoms with van der Waals surface area (Å²) < 4.78 is 0. The van der Waals surface area contributed by atoms with Crippen LogP contribution in [-0.4, -0.2) is 39.3 Å². The third-order valence-corrected chi connectivity index (χ3v) is 4.23. The number of rotatable bonds is 5. The number of nitrogens with zero attached hydrogens (tertiary/aromatic N) is 4. The third kappa shape index (κ3) is 3.66. The van der Waals surface area contributed by atoms with Gasteiger partial charge in [-0.1, -0.05) is 6.07 Å². The number of urea groups is 1. The standard InChI is InChI=1S/C18H20N8O/c1-11-3-4-13(8-14(11)26-6-5-20-18(26)27)21-16-9-19-10-17(23-16)22-15-7-12(2)24-25-15/h3-4,7-10H,5-6H2,1-2H3,(H,20,27)(H3,21,22,23,24,25). The second kappa shape index (κ2) is 6.94. The van der Waals surface area contributed by atoms with Gasteiger partial charge in [0.2, 0.25) is 0 Å². The normalized spacial score (nSPS) is 13.6. The van der Waals surface area contributed by atoms with Gasteiger partial charge in [-0.3, -0.25) is 15.0 Å². The number of H-pyrrole nitrogens is 1. The Morgan fingerprint density at radius 2 is 1.89 bits per heavy atom. The molecule has 0 radical (unpaired) electrons. The van der Waals surface area contributed by atoms with Crippen molar-refractivity contribution in [3.63, 3.8) is 0 Å². The van der Waals surface area contributed by atoms with E-state index in [2.05, 4.69) is 36.1 Å². The van der Waals surface area contributed by atoms with Crippen molar-refractivity contribution in [1.82, 2.24) is 25.5 Å². The van der Waals surface area contributed by atoms with Crippen LogP contribution in [0.5, 0.6) is 0 Å². The highest BCUT2D eigenvalue weighted by Gasteiger charge is 2.22. The Labute approximate surface area is 156 Å². The molecule has 2 aromatic heterocycles. The molecule has 9 heteroatoms. The van der Waals surface area contributed by atoms with Crippen LogP contribution >= 0.6 is 0 Å². The minimum atomic E-state index is -0.0736. The van der Waals surface area contributed by atoms with Crippen molar-refractivity contribution < 1.29 is 4.79 Å². The van der Waals surface area contributed by atoms with Gasteiger partial charge < -0.3 is 16.0 Å². The second-order valence-corrected chi connectivity index (χ2v) is 6.36. The molecule has 1 aliphatic heterocycles. The number of benzene rings is 1. The lowest BCUT2D eigenvalue weighted by atomic mass is 10.1. The molecule has 0 atom stereocenters. The largest absolute Gasteiger partial charge is 0.339 e. The molecule has 4 rings (SSSR count). The summed E-state index contributed by atoms with van der Waals surface area (Å²) in [6, 6.07) is 7.68. The van der Waals surface area contributed by atoms with Gasteiger partial charge in [-0.15, -0.1) is 0 Å². The first-order valence-corrected chi connectivity index (χ1v) is 8.62. The molecule has 1 fully saturated rings. The summed E-state index contributed by atoms with van der Waals surface area (Å²) in [4.78, 5) is 22.4. The highest BCUT2D eigenvalue weighted by molar-refractivity contribution is 5.95. The van der Waals surface area contributed by atoms with Crippen molar-refractivity contribution in [2.45, 2.75) is 13.8 Å². The number of carbonyl (C=O) groups is 1. The van der Waals surface area contributed by atoms with Crippen molar-refractivity contribution >= 4 is 34.9 Å². The van der Waals surface area contributed by atoms with Crippen molar-refractivity contribution in [3.8, 4) is 0 Å². The number of aromatic amines is 1. The summed E-state index contributed by atoms with van der Waals surface area (Å²) in [6.07, 6.45) is 3.27. The molecule has 3 heterocycles. The Morgan fingerprint density at radius 1 is 1.07 bits per heavy atom. The number of aryl methyl sites for hydroxylation is 2. The predicted molar refractivity (Wildman–Crippen MR) is 104 cm³/mol.